The van der Waals surface area contributed by atoms with E-state index < -0.39 is 17.5 Å². The minimum Gasteiger partial charge on any atom is -0.204 e. The van der Waals surface area contributed by atoms with Gasteiger partial charge >= 0.3 is 0 Å². The molecule has 0 unspecified atom stereocenters. The fourth-order valence-corrected chi connectivity index (χ4v) is 5.45. The van der Waals surface area contributed by atoms with Gasteiger partial charge < -0.3 is 0 Å². The molecule has 0 spiro atoms. The van der Waals surface area contributed by atoms with Crippen molar-refractivity contribution in [2.75, 3.05) is 0 Å². The second-order valence-corrected chi connectivity index (χ2v) is 9.21. The summed E-state index contributed by atoms with van der Waals surface area (Å²) >= 11 is 0. The van der Waals surface area contributed by atoms with Crippen molar-refractivity contribution in [2.45, 2.75) is 89.4 Å². The van der Waals surface area contributed by atoms with E-state index in [-0.39, 0.29) is 5.92 Å². The molecule has 2 saturated carbocycles. The lowest BCUT2D eigenvalue weighted by atomic mass is 9.76. The van der Waals surface area contributed by atoms with Crippen molar-refractivity contribution in [1.82, 2.24) is 0 Å². The SMILES string of the molecule is C=CCC1CCC(CCCCC2CCC(c3cc(F)c(F)c(F)c3)CC2)CC1. The van der Waals surface area contributed by atoms with Crippen LogP contribution in [0.2, 0.25) is 0 Å². The fraction of sp³-hybridized carbons (Fsp3) is 0.680. The molecule has 1 aromatic rings. The zero-order chi connectivity index (χ0) is 19.9. The van der Waals surface area contributed by atoms with Gasteiger partial charge in [-0.05, 0) is 86.3 Å². The molecule has 0 heterocycles. The maximum Gasteiger partial charge on any atom is 0.194 e. The second-order valence-electron chi connectivity index (χ2n) is 9.21. The number of allylic oxidation sites excluding steroid dienone is 1. The zero-order valence-electron chi connectivity index (χ0n) is 17.1. The van der Waals surface area contributed by atoms with Crippen molar-refractivity contribution in [1.29, 1.82) is 0 Å². The van der Waals surface area contributed by atoms with E-state index in [1.807, 2.05) is 0 Å². The van der Waals surface area contributed by atoms with Crippen LogP contribution in [0, 0.1) is 35.2 Å². The van der Waals surface area contributed by atoms with Gasteiger partial charge in [0.15, 0.2) is 17.5 Å². The normalized spacial score (nSPS) is 28.2. The van der Waals surface area contributed by atoms with Crippen molar-refractivity contribution in [3.63, 3.8) is 0 Å². The highest BCUT2D eigenvalue weighted by atomic mass is 19.2. The minimum atomic E-state index is -1.35. The Morgan fingerprint density at radius 2 is 1.21 bits per heavy atom. The predicted molar refractivity (Wildman–Crippen MR) is 110 cm³/mol. The molecule has 0 aliphatic heterocycles. The van der Waals surface area contributed by atoms with Crippen molar-refractivity contribution < 1.29 is 13.2 Å². The number of rotatable bonds is 8. The summed E-state index contributed by atoms with van der Waals surface area (Å²) in [4.78, 5) is 0. The first-order chi connectivity index (χ1) is 13.6. The van der Waals surface area contributed by atoms with Gasteiger partial charge in [0, 0.05) is 0 Å². The van der Waals surface area contributed by atoms with Crippen LogP contribution in [0.1, 0.15) is 95.0 Å². The van der Waals surface area contributed by atoms with Crippen LogP contribution < -0.4 is 0 Å². The van der Waals surface area contributed by atoms with Gasteiger partial charge in [0.1, 0.15) is 0 Å². The average Bonchev–Trinajstić information content (AvgIpc) is 2.71. The van der Waals surface area contributed by atoms with Crippen LogP contribution in [-0.2, 0) is 0 Å². The molecule has 156 valence electrons. The Bertz CT molecular complexity index is 600. The van der Waals surface area contributed by atoms with Crippen LogP contribution in [0.3, 0.4) is 0 Å². The van der Waals surface area contributed by atoms with E-state index in [1.165, 1.54) is 69.9 Å². The van der Waals surface area contributed by atoms with Gasteiger partial charge in [0.2, 0.25) is 0 Å². The molecule has 0 bridgehead atoms. The van der Waals surface area contributed by atoms with E-state index in [9.17, 15) is 13.2 Å². The number of hydrogen-bond acceptors (Lipinski definition) is 0. The molecule has 0 atom stereocenters. The third-order valence-electron chi connectivity index (χ3n) is 7.27. The van der Waals surface area contributed by atoms with Crippen molar-refractivity contribution >= 4 is 0 Å². The van der Waals surface area contributed by atoms with Crippen LogP contribution in [-0.4, -0.2) is 0 Å². The van der Waals surface area contributed by atoms with Crippen LogP contribution >= 0.6 is 0 Å². The zero-order valence-corrected chi connectivity index (χ0v) is 17.1. The first-order valence-electron chi connectivity index (χ1n) is 11.3. The van der Waals surface area contributed by atoms with Gasteiger partial charge in [-0.15, -0.1) is 6.58 Å². The van der Waals surface area contributed by atoms with Crippen molar-refractivity contribution in [2.24, 2.45) is 17.8 Å². The molecular weight excluding hydrogens is 357 g/mol. The van der Waals surface area contributed by atoms with Crippen LogP contribution in [0.15, 0.2) is 24.8 Å². The molecular formula is C25H35F3. The summed E-state index contributed by atoms with van der Waals surface area (Å²) in [6, 6.07) is 2.38. The molecule has 0 saturated heterocycles. The smallest absolute Gasteiger partial charge is 0.194 e. The van der Waals surface area contributed by atoms with Gasteiger partial charge in [-0.3, -0.25) is 0 Å². The Balaban J connectivity index is 1.31. The molecule has 28 heavy (non-hydrogen) atoms. The second kappa shape index (κ2) is 10.5. The van der Waals surface area contributed by atoms with Gasteiger partial charge in [-0.2, -0.15) is 0 Å². The molecule has 0 N–H and O–H groups in total. The number of halogens is 3. The Kier molecular flexibility index (Phi) is 8.05. The first-order valence-corrected chi connectivity index (χ1v) is 11.3. The van der Waals surface area contributed by atoms with Crippen LogP contribution in [0.5, 0.6) is 0 Å². The van der Waals surface area contributed by atoms with Crippen LogP contribution in [0.25, 0.3) is 0 Å². The van der Waals surface area contributed by atoms with E-state index in [1.54, 1.807) is 0 Å². The van der Waals surface area contributed by atoms with Gasteiger partial charge in [-0.25, -0.2) is 13.2 Å². The highest BCUT2D eigenvalue weighted by molar-refractivity contribution is 5.23. The summed E-state index contributed by atoms with van der Waals surface area (Å²) in [5, 5.41) is 0. The summed E-state index contributed by atoms with van der Waals surface area (Å²) in [7, 11) is 0. The van der Waals surface area contributed by atoms with Gasteiger partial charge in [-0.1, -0.05) is 44.6 Å². The molecule has 2 aliphatic carbocycles. The molecule has 2 aliphatic rings. The largest absolute Gasteiger partial charge is 0.204 e. The van der Waals surface area contributed by atoms with E-state index in [0.717, 1.165) is 43.4 Å². The van der Waals surface area contributed by atoms with E-state index >= 15 is 0 Å². The molecule has 3 rings (SSSR count). The standard InChI is InChI=1S/C25H35F3/c1-2-5-18-8-10-19(11-9-18)6-3-4-7-20-12-14-21(15-13-20)22-16-23(26)25(28)24(27)17-22/h2,16-21H,1,3-15H2. The van der Waals surface area contributed by atoms with Crippen molar-refractivity contribution in [3.05, 3.63) is 47.8 Å². The Labute approximate surface area is 168 Å². The number of hydrogen-bond donors (Lipinski definition) is 0. The lowest BCUT2D eigenvalue weighted by Crippen LogP contribution is -2.15. The summed E-state index contributed by atoms with van der Waals surface area (Å²) in [5.41, 5.74) is 0.627. The molecule has 3 heteroatoms. The Morgan fingerprint density at radius 3 is 1.71 bits per heavy atom. The predicted octanol–water partition coefficient (Wildman–Crippen LogP) is 8.32. The molecule has 0 aromatic heterocycles. The lowest BCUT2D eigenvalue weighted by Gasteiger charge is -2.30. The summed E-state index contributed by atoms with van der Waals surface area (Å²) in [6.07, 6.45) is 18.3. The molecule has 2 fully saturated rings. The maximum atomic E-state index is 13.5. The van der Waals surface area contributed by atoms with Crippen molar-refractivity contribution in [3.8, 4) is 0 Å². The Hall–Kier alpha value is -1.25. The summed E-state index contributed by atoms with van der Waals surface area (Å²) < 4.78 is 40.1. The Morgan fingerprint density at radius 1 is 0.750 bits per heavy atom. The summed E-state index contributed by atoms with van der Waals surface area (Å²) in [6.45, 7) is 3.86. The third kappa shape index (κ3) is 5.87. The lowest BCUT2D eigenvalue weighted by molar-refractivity contribution is 0.253. The third-order valence-corrected chi connectivity index (χ3v) is 7.27. The average molecular weight is 393 g/mol. The number of benzene rings is 1. The number of unbranched alkanes of at least 4 members (excludes halogenated alkanes) is 1. The highest BCUT2D eigenvalue weighted by Gasteiger charge is 2.24. The maximum absolute atomic E-state index is 13.5. The molecule has 0 amide bonds. The van der Waals surface area contributed by atoms with E-state index in [2.05, 4.69) is 12.7 Å². The van der Waals surface area contributed by atoms with E-state index in [0.29, 0.717) is 5.56 Å². The van der Waals surface area contributed by atoms with Gasteiger partial charge in [0.05, 0.1) is 0 Å². The fourth-order valence-electron chi connectivity index (χ4n) is 5.45. The minimum absolute atomic E-state index is 0.173. The highest BCUT2D eigenvalue weighted by Crippen LogP contribution is 2.39. The monoisotopic (exact) mass is 392 g/mol. The van der Waals surface area contributed by atoms with Gasteiger partial charge in [0.25, 0.3) is 0 Å². The topological polar surface area (TPSA) is 0 Å². The quantitative estimate of drug-likeness (QED) is 0.237. The molecule has 0 radical (unpaired) electrons. The van der Waals surface area contributed by atoms with E-state index in [4.69, 9.17) is 0 Å². The first kappa shape index (κ1) is 21.5. The molecule has 0 nitrogen and oxygen atoms in total. The summed E-state index contributed by atoms with van der Waals surface area (Å²) in [5.74, 6) is -0.744. The molecule has 1 aromatic carbocycles. The van der Waals surface area contributed by atoms with Crippen LogP contribution in [0.4, 0.5) is 13.2 Å².